The summed E-state index contributed by atoms with van der Waals surface area (Å²) in [6, 6.07) is 7.08. The first-order chi connectivity index (χ1) is 16.0. The van der Waals surface area contributed by atoms with Gasteiger partial charge in [-0.05, 0) is 41.0 Å². The molecule has 3 aliphatic rings. The van der Waals surface area contributed by atoms with Gasteiger partial charge in [0.2, 0.25) is 18.4 Å². The lowest BCUT2D eigenvalue weighted by Crippen LogP contribution is -2.42. The van der Waals surface area contributed by atoms with Gasteiger partial charge in [-0.2, -0.15) is 0 Å². The molecule has 1 saturated heterocycles. The van der Waals surface area contributed by atoms with Crippen LogP contribution in [0.15, 0.2) is 24.3 Å². The standard InChI is InChI=1S/C24H25NO8/c1-11(26)25-22-14-8-17-16(32-10-33-17)7-13(14)20(21-15(22)9-31-24(21)27)12-5-18(28-2)23(30-4)19(6-12)29-3/h5-8,15,20-22H,9-10H2,1-4H3,(H,25,26)/t15-,20+,21+,22+/m0/s1. The van der Waals surface area contributed by atoms with E-state index in [-0.39, 0.29) is 37.1 Å². The molecule has 5 rings (SSSR count). The van der Waals surface area contributed by atoms with Crippen LogP contribution in [0, 0.1) is 11.8 Å². The second kappa shape index (κ2) is 8.06. The van der Waals surface area contributed by atoms with E-state index in [1.165, 1.54) is 6.92 Å². The van der Waals surface area contributed by atoms with E-state index in [1.807, 2.05) is 24.3 Å². The number of ether oxygens (including phenoxy) is 6. The molecule has 1 aliphatic carbocycles. The van der Waals surface area contributed by atoms with Gasteiger partial charge in [-0.15, -0.1) is 0 Å². The molecular formula is C24H25NO8. The molecule has 0 aromatic heterocycles. The Morgan fingerprint density at radius 3 is 2.15 bits per heavy atom. The molecule has 4 atom stereocenters. The number of hydrogen-bond donors (Lipinski definition) is 1. The summed E-state index contributed by atoms with van der Waals surface area (Å²) in [5.41, 5.74) is 2.53. The number of methoxy groups -OCH3 is 3. The van der Waals surface area contributed by atoms with Gasteiger partial charge in [0.1, 0.15) is 0 Å². The Bertz CT molecular complexity index is 1100. The minimum absolute atomic E-state index is 0.118. The number of carbonyl (C=O) groups is 2. The predicted octanol–water partition coefficient (Wildman–Crippen LogP) is 2.55. The summed E-state index contributed by atoms with van der Waals surface area (Å²) in [4.78, 5) is 25.1. The number of fused-ring (bicyclic) bond motifs is 3. The van der Waals surface area contributed by atoms with Crippen LogP contribution in [0.5, 0.6) is 28.7 Å². The van der Waals surface area contributed by atoms with Crippen LogP contribution in [0.25, 0.3) is 0 Å². The molecule has 33 heavy (non-hydrogen) atoms. The van der Waals surface area contributed by atoms with Crippen molar-refractivity contribution in [3.05, 3.63) is 41.0 Å². The Labute approximate surface area is 190 Å². The Morgan fingerprint density at radius 1 is 0.939 bits per heavy atom. The zero-order valence-electron chi connectivity index (χ0n) is 18.8. The minimum atomic E-state index is -0.516. The molecule has 9 nitrogen and oxygen atoms in total. The maximum Gasteiger partial charge on any atom is 0.310 e. The minimum Gasteiger partial charge on any atom is -0.493 e. The predicted molar refractivity (Wildman–Crippen MR) is 115 cm³/mol. The second-order valence-electron chi connectivity index (χ2n) is 8.27. The highest BCUT2D eigenvalue weighted by atomic mass is 16.7. The summed E-state index contributed by atoms with van der Waals surface area (Å²) in [6.45, 7) is 1.79. The number of carbonyl (C=O) groups excluding carboxylic acids is 2. The quantitative estimate of drug-likeness (QED) is 0.687. The van der Waals surface area contributed by atoms with Gasteiger partial charge in [0.25, 0.3) is 0 Å². The summed E-state index contributed by atoms with van der Waals surface area (Å²) in [5.74, 6) is 0.998. The van der Waals surface area contributed by atoms with Gasteiger partial charge in [0.05, 0.1) is 39.9 Å². The normalized spacial score (nSPS) is 24.4. The molecule has 0 saturated carbocycles. The summed E-state index contributed by atoms with van der Waals surface area (Å²) < 4.78 is 33.3. The van der Waals surface area contributed by atoms with Crippen molar-refractivity contribution >= 4 is 11.9 Å². The molecule has 2 heterocycles. The lowest BCUT2D eigenvalue weighted by atomic mass is 9.65. The molecule has 1 N–H and O–H groups in total. The molecule has 2 aliphatic heterocycles. The molecular weight excluding hydrogens is 430 g/mol. The summed E-state index contributed by atoms with van der Waals surface area (Å²) >= 11 is 0. The van der Waals surface area contributed by atoms with Gasteiger partial charge in [0, 0.05) is 18.8 Å². The van der Waals surface area contributed by atoms with Crippen molar-refractivity contribution in [2.75, 3.05) is 34.7 Å². The summed E-state index contributed by atoms with van der Waals surface area (Å²) in [6.07, 6.45) is 0. The van der Waals surface area contributed by atoms with Crippen LogP contribution in [0.1, 0.15) is 35.6 Å². The maximum absolute atomic E-state index is 13.0. The second-order valence-corrected chi connectivity index (χ2v) is 8.27. The smallest absolute Gasteiger partial charge is 0.310 e. The number of amides is 1. The van der Waals surface area contributed by atoms with Crippen LogP contribution in [0.2, 0.25) is 0 Å². The zero-order valence-corrected chi connectivity index (χ0v) is 18.8. The third-order valence-corrected chi connectivity index (χ3v) is 6.59. The Hall–Kier alpha value is -3.62. The first kappa shape index (κ1) is 21.2. The van der Waals surface area contributed by atoms with Crippen LogP contribution >= 0.6 is 0 Å². The van der Waals surface area contributed by atoms with Crippen molar-refractivity contribution in [2.45, 2.75) is 18.9 Å². The van der Waals surface area contributed by atoms with Gasteiger partial charge in [-0.3, -0.25) is 9.59 Å². The largest absolute Gasteiger partial charge is 0.493 e. The van der Waals surface area contributed by atoms with E-state index < -0.39 is 12.0 Å². The maximum atomic E-state index is 13.0. The van der Waals surface area contributed by atoms with Gasteiger partial charge in [0.15, 0.2) is 23.0 Å². The van der Waals surface area contributed by atoms with Crippen molar-refractivity contribution in [3.8, 4) is 28.7 Å². The van der Waals surface area contributed by atoms with E-state index in [0.29, 0.717) is 28.7 Å². The third kappa shape index (κ3) is 3.30. The van der Waals surface area contributed by atoms with Crippen LogP contribution in [-0.4, -0.2) is 46.6 Å². The number of cyclic esters (lactones) is 1. The zero-order chi connectivity index (χ0) is 23.3. The van der Waals surface area contributed by atoms with Crippen molar-refractivity contribution in [2.24, 2.45) is 11.8 Å². The van der Waals surface area contributed by atoms with Crippen molar-refractivity contribution < 1.29 is 38.0 Å². The number of nitrogens with one attached hydrogen (secondary N) is 1. The van der Waals surface area contributed by atoms with E-state index in [0.717, 1.165) is 16.7 Å². The molecule has 2 aromatic carbocycles. The topological polar surface area (TPSA) is 102 Å². The number of rotatable bonds is 5. The highest BCUT2D eigenvalue weighted by Crippen LogP contribution is 2.55. The average Bonchev–Trinajstić information content (AvgIpc) is 3.43. The lowest BCUT2D eigenvalue weighted by molar-refractivity contribution is -0.141. The summed E-state index contributed by atoms with van der Waals surface area (Å²) in [5, 5.41) is 3.02. The Morgan fingerprint density at radius 2 is 1.58 bits per heavy atom. The van der Waals surface area contributed by atoms with E-state index in [1.54, 1.807) is 21.3 Å². The van der Waals surface area contributed by atoms with Crippen LogP contribution < -0.4 is 29.0 Å². The molecule has 0 unspecified atom stereocenters. The average molecular weight is 455 g/mol. The monoisotopic (exact) mass is 455 g/mol. The number of esters is 1. The molecule has 0 spiro atoms. The third-order valence-electron chi connectivity index (χ3n) is 6.59. The van der Waals surface area contributed by atoms with Crippen molar-refractivity contribution in [1.82, 2.24) is 5.32 Å². The SMILES string of the molecule is COc1cc([C@@H]2c3cc4c(cc3[C@@H](NC(C)=O)[C@H]3COC(=O)[C@@H]23)OCO4)cc(OC)c1OC. The fourth-order valence-corrected chi connectivity index (χ4v) is 5.25. The first-order valence-electron chi connectivity index (χ1n) is 10.6. The van der Waals surface area contributed by atoms with Crippen molar-refractivity contribution in [1.29, 1.82) is 0 Å². The van der Waals surface area contributed by atoms with Gasteiger partial charge >= 0.3 is 5.97 Å². The van der Waals surface area contributed by atoms with E-state index in [9.17, 15) is 9.59 Å². The molecule has 1 amide bonds. The Balaban J connectivity index is 1.75. The van der Waals surface area contributed by atoms with Crippen LogP contribution in [-0.2, 0) is 14.3 Å². The number of hydrogen-bond acceptors (Lipinski definition) is 8. The number of benzene rings is 2. The summed E-state index contributed by atoms with van der Waals surface area (Å²) in [7, 11) is 4.64. The molecule has 1 fully saturated rings. The molecule has 9 heteroatoms. The highest BCUT2D eigenvalue weighted by molar-refractivity contribution is 5.80. The molecule has 0 bridgehead atoms. The van der Waals surface area contributed by atoms with Crippen LogP contribution in [0.4, 0.5) is 0 Å². The molecule has 2 aromatic rings. The highest BCUT2D eigenvalue weighted by Gasteiger charge is 2.53. The van der Waals surface area contributed by atoms with Crippen LogP contribution in [0.3, 0.4) is 0 Å². The van der Waals surface area contributed by atoms with E-state index >= 15 is 0 Å². The fraction of sp³-hybridized carbons (Fsp3) is 0.417. The van der Waals surface area contributed by atoms with Gasteiger partial charge < -0.3 is 33.7 Å². The molecule has 174 valence electrons. The van der Waals surface area contributed by atoms with Crippen molar-refractivity contribution in [3.63, 3.8) is 0 Å². The van der Waals surface area contributed by atoms with Gasteiger partial charge in [-0.25, -0.2) is 0 Å². The lowest BCUT2D eigenvalue weighted by Gasteiger charge is -2.39. The van der Waals surface area contributed by atoms with E-state index in [4.69, 9.17) is 28.4 Å². The van der Waals surface area contributed by atoms with Gasteiger partial charge in [-0.1, -0.05) is 0 Å². The first-order valence-corrected chi connectivity index (χ1v) is 10.6. The Kier molecular flexibility index (Phi) is 5.19. The molecule has 0 radical (unpaired) electrons. The van der Waals surface area contributed by atoms with E-state index in [2.05, 4.69) is 5.32 Å². The fourth-order valence-electron chi connectivity index (χ4n) is 5.25.